The van der Waals surface area contributed by atoms with Gasteiger partial charge in [-0.05, 0) is 31.2 Å². The number of carbonyl (C=O) groups excluding carboxylic acids is 1. The predicted molar refractivity (Wildman–Crippen MR) is 98.5 cm³/mol. The van der Waals surface area contributed by atoms with E-state index in [0.717, 1.165) is 6.07 Å². The van der Waals surface area contributed by atoms with Crippen LogP contribution in [0.4, 0.5) is 17.1 Å². The molecule has 0 saturated heterocycles. The van der Waals surface area contributed by atoms with Gasteiger partial charge in [0.1, 0.15) is 11.9 Å². The number of nitrogens with zero attached hydrogens (tertiary/aromatic N) is 2. The Morgan fingerprint density at radius 3 is 2.70 bits per heavy atom. The molecule has 2 aromatic rings. The average Bonchev–Trinajstić information content (AvgIpc) is 2.60. The van der Waals surface area contributed by atoms with Crippen LogP contribution >= 0.6 is 0 Å². The Morgan fingerprint density at radius 1 is 1.30 bits per heavy atom. The van der Waals surface area contributed by atoms with Crippen molar-refractivity contribution in [3.8, 4) is 5.75 Å². The lowest BCUT2D eigenvalue weighted by Gasteiger charge is -2.33. The van der Waals surface area contributed by atoms with Crippen LogP contribution in [0, 0.1) is 10.1 Å². The van der Waals surface area contributed by atoms with Gasteiger partial charge >= 0.3 is 0 Å². The summed E-state index contributed by atoms with van der Waals surface area (Å²) in [6.07, 6.45) is -0.216. The molecule has 0 radical (unpaired) electrons. The summed E-state index contributed by atoms with van der Waals surface area (Å²) >= 11 is 0. The van der Waals surface area contributed by atoms with Gasteiger partial charge in [0.2, 0.25) is 5.91 Å². The molecule has 0 bridgehead atoms. The second kappa shape index (κ2) is 6.88. The van der Waals surface area contributed by atoms with Crippen LogP contribution in [0.3, 0.4) is 0 Å². The minimum Gasteiger partial charge on any atom is -0.487 e. The van der Waals surface area contributed by atoms with Crippen LogP contribution in [-0.4, -0.2) is 31.9 Å². The maximum atomic E-state index is 12.7. The Balaban J connectivity index is 1.96. The van der Waals surface area contributed by atoms with Gasteiger partial charge in [0.15, 0.2) is 0 Å². The van der Waals surface area contributed by atoms with Crippen molar-refractivity contribution in [2.75, 3.05) is 16.2 Å². The third-order valence-electron chi connectivity index (χ3n) is 3.99. The monoisotopic (exact) mass is 391 g/mol. The predicted octanol–water partition coefficient (Wildman–Crippen LogP) is 2.53. The van der Waals surface area contributed by atoms with Crippen LogP contribution in [0.5, 0.6) is 5.75 Å². The third kappa shape index (κ3) is 3.85. The fraction of sp³-hybridized carbons (Fsp3) is 0.235. The highest BCUT2D eigenvalue weighted by Gasteiger charge is 2.28. The molecule has 0 aromatic heterocycles. The number of sulfonamides is 1. The quantitative estimate of drug-likeness (QED) is 0.632. The number of rotatable bonds is 4. The van der Waals surface area contributed by atoms with Gasteiger partial charge in [-0.1, -0.05) is 6.07 Å². The average molecular weight is 391 g/mol. The molecule has 10 heteroatoms. The van der Waals surface area contributed by atoms with E-state index in [1.54, 1.807) is 0 Å². The zero-order valence-corrected chi connectivity index (χ0v) is 15.4. The van der Waals surface area contributed by atoms with Crippen molar-refractivity contribution in [1.29, 1.82) is 0 Å². The van der Waals surface area contributed by atoms with Crippen LogP contribution in [0.15, 0.2) is 47.4 Å². The lowest BCUT2D eigenvalue weighted by molar-refractivity contribution is -0.384. The molecule has 1 amide bonds. The summed E-state index contributed by atoms with van der Waals surface area (Å²) in [5.74, 6) is 0.186. The molecule has 2 aromatic carbocycles. The fourth-order valence-corrected chi connectivity index (χ4v) is 3.85. The molecule has 1 aliphatic rings. The molecule has 3 rings (SSSR count). The molecule has 142 valence electrons. The Labute approximate surface area is 155 Å². The normalized spacial score (nSPS) is 16.2. The molecule has 27 heavy (non-hydrogen) atoms. The number of hydrogen-bond donors (Lipinski definition) is 1. The summed E-state index contributed by atoms with van der Waals surface area (Å²) in [6, 6.07) is 9.38. The first-order chi connectivity index (χ1) is 12.7. The van der Waals surface area contributed by atoms with Gasteiger partial charge in [0, 0.05) is 19.1 Å². The Bertz CT molecular complexity index is 1020. The van der Waals surface area contributed by atoms with E-state index >= 15 is 0 Å². The third-order valence-corrected chi connectivity index (χ3v) is 5.37. The van der Waals surface area contributed by atoms with E-state index in [0.29, 0.717) is 18.0 Å². The van der Waals surface area contributed by atoms with Gasteiger partial charge in [0.05, 0.1) is 27.7 Å². The number of fused-ring (bicyclic) bond motifs is 1. The molecule has 0 fully saturated rings. The van der Waals surface area contributed by atoms with E-state index in [1.165, 1.54) is 48.2 Å². The molecule has 1 unspecified atom stereocenters. The summed E-state index contributed by atoms with van der Waals surface area (Å²) in [4.78, 5) is 23.5. The standard InChI is InChI=1S/C17H17N3O6S/c1-11-10-19(12(2)21)16-9-15(6-7-17(16)26-11)27(24,25)18-13-4-3-5-14(8-13)20(22)23/h3-9,11,18H,10H2,1-2H3. The van der Waals surface area contributed by atoms with Gasteiger partial charge in [-0.25, -0.2) is 8.42 Å². The topological polar surface area (TPSA) is 119 Å². The van der Waals surface area contributed by atoms with Crippen molar-refractivity contribution in [3.63, 3.8) is 0 Å². The van der Waals surface area contributed by atoms with Crippen LogP contribution in [0.2, 0.25) is 0 Å². The molecule has 9 nitrogen and oxygen atoms in total. The van der Waals surface area contributed by atoms with E-state index in [2.05, 4.69) is 4.72 Å². The first kappa shape index (κ1) is 18.6. The van der Waals surface area contributed by atoms with Crippen molar-refractivity contribution >= 4 is 33.0 Å². The maximum Gasteiger partial charge on any atom is 0.271 e. The van der Waals surface area contributed by atoms with E-state index in [-0.39, 0.29) is 28.3 Å². The number of nitro groups is 1. The molecule has 1 N–H and O–H groups in total. The number of hydrogen-bond acceptors (Lipinski definition) is 6. The number of ether oxygens (including phenoxy) is 1. The van der Waals surface area contributed by atoms with Crippen molar-refractivity contribution < 1.29 is 22.9 Å². The van der Waals surface area contributed by atoms with Gasteiger partial charge in [-0.3, -0.25) is 19.6 Å². The van der Waals surface area contributed by atoms with Crippen LogP contribution < -0.4 is 14.4 Å². The van der Waals surface area contributed by atoms with Gasteiger partial charge in [0.25, 0.3) is 15.7 Å². The Morgan fingerprint density at radius 2 is 2.04 bits per heavy atom. The molecule has 1 aliphatic heterocycles. The van der Waals surface area contributed by atoms with Gasteiger partial charge < -0.3 is 9.64 Å². The van der Waals surface area contributed by atoms with E-state index in [4.69, 9.17) is 4.74 Å². The zero-order chi connectivity index (χ0) is 19.8. The SMILES string of the molecule is CC(=O)N1CC(C)Oc2ccc(S(=O)(=O)Nc3cccc([N+](=O)[O-])c3)cc21. The molecule has 1 heterocycles. The van der Waals surface area contributed by atoms with E-state index < -0.39 is 14.9 Å². The second-order valence-corrected chi connectivity index (χ2v) is 7.78. The first-order valence-electron chi connectivity index (χ1n) is 8.03. The smallest absolute Gasteiger partial charge is 0.271 e. The van der Waals surface area contributed by atoms with Gasteiger partial charge in [-0.2, -0.15) is 0 Å². The van der Waals surface area contributed by atoms with E-state index in [9.17, 15) is 23.3 Å². The largest absolute Gasteiger partial charge is 0.487 e. The minimum atomic E-state index is -4.02. The lowest BCUT2D eigenvalue weighted by atomic mass is 10.2. The van der Waals surface area contributed by atoms with Crippen LogP contribution in [0.1, 0.15) is 13.8 Å². The number of nitro benzene ring substituents is 1. The zero-order valence-electron chi connectivity index (χ0n) is 14.6. The highest BCUT2D eigenvalue weighted by Crippen LogP contribution is 2.36. The van der Waals surface area contributed by atoms with Crippen LogP contribution in [0.25, 0.3) is 0 Å². The number of carbonyl (C=O) groups is 1. The highest BCUT2D eigenvalue weighted by atomic mass is 32.2. The number of nitrogens with one attached hydrogen (secondary N) is 1. The van der Waals surface area contributed by atoms with Crippen molar-refractivity contribution in [2.24, 2.45) is 0 Å². The summed E-state index contributed by atoms with van der Waals surface area (Å²) in [6.45, 7) is 3.52. The molecule has 0 aliphatic carbocycles. The van der Waals surface area contributed by atoms with Crippen LogP contribution in [-0.2, 0) is 14.8 Å². The number of amides is 1. The fourth-order valence-electron chi connectivity index (χ4n) is 2.78. The summed E-state index contributed by atoms with van der Waals surface area (Å²) in [5.41, 5.74) is 0.198. The Hall–Kier alpha value is -3.14. The molecular formula is C17H17N3O6S. The molecular weight excluding hydrogens is 374 g/mol. The summed E-state index contributed by atoms with van der Waals surface area (Å²) in [5, 5.41) is 10.9. The summed E-state index contributed by atoms with van der Waals surface area (Å²) < 4.78 is 33.3. The maximum absolute atomic E-state index is 12.7. The highest BCUT2D eigenvalue weighted by molar-refractivity contribution is 7.92. The molecule has 0 saturated carbocycles. The van der Waals surface area contributed by atoms with Crippen molar-refractivity contribution in [3.05, 3.63) is 52.6 Å². The number of benzene rings is 2. The summed E-state index contributed by atoms with van der Waals surface area (Å²) in [7, 11) is -4.02. The first-order valence-corrected chi connectivity index (χ1v) is 9.52. The minimum absolute atomic E-state index is 0.0650. The van der Waals surface area contributed by atoms with Crippen molar-refractivity contribution in [1.82, 2.24) is 0 Å². The molecule has 1 atom stereocenters. The lowest BCUT2D eigenvalue weighted by Crippen LogP contribution is -2.41. The van der Waals surface area contributed by atoms with Gasteiger partial charge in [-0.15, -0.1) is 0 Å². The number of non-ortho nitro benzene ring substituents is 1. The number of anilines is 2. The Kier molecular flexibility index (Phi) is 4.75. The second-order valence-electron chi connectivity index (χ2n) is 6.10. The van der Waals surface area contributed by atoms with E-state index in [1.807, 2.05) is 6.92 Å². The van der Waals surface area contributed by atoms with Crippen molar-refractivity contribution in [2.45, 2.75) is 24.8 Å². The molecule has 0 spiro atoms.